The predicted molar refractivity (Wildman–Crippen MR) is 124 cm³/mol. The molecule has 2 aromatic carbocycles. The van der Waals surface area contributed by atoms with Gasteiger partial charge in [-0.2, -0.15) is 0 Å². The molecule has 1 aliphatic rings. The van der Waals surface area contributed by atoms with E-state index < -0.39 is 0 Å². The second-order valence-electron chi connectivity index (χ2n) is 8.30. The minimum atomic E-state index is -0.204. The summed E-state index contributed by atoms with van der Waals surface area (Å²) < 4.78 is 5.23. The van der Waals surface area contributed by atoms with Gasteiger partial charge in [0.15, 0.2) is 0 Å². The first-order valence-electron chi connectivity index (χ1n) is 11.0. The number of carbonyl (C=O) groups is 1. The van der Waals surface area contributed by atoms with Crippen LogP contribution in [0.15, 0.2) is 47.3 Å². The Morgan fingerprint density at radius 3 is 2.81 bits per heavy atom. The van der Waals surface area contributed by atoms with Crippen LogP contribution in [0.5, 0.6) is 0 Å². The summed E-state index contributed by atoms with van der Waals surface area (Å²) >= 11 is 0. The van der Waals surface area contributed by atoms with E-state index in [0.717, 1.165) is 23.7 Å². The zero-order valence-electron chi connectivity index (χ0n) is 18.1. The van der Waals surface area contributed by atoms with Crippen molar-refractivity contribution in [2.45, 2.75) is 32.2 Å². The highest BCUT2D eigenvalue weighted by Gasteiger charge is 2.21. The van der Waals surface area contributed by atoms with Crippen LogP contribution >= 0.6 is 0 Å². The molecule has 7 heteroatoms. The number of aromatic nitrogens is 3. The van der Waals surface area contributed by atoms with Gasteiger partial charge in [0, 0.05) is 35.8 Å². The molecule has 164 valence electrons. The van der Waals surface area contributed by atoms with Crippen molar-refractivity contribution in [3.63, 3.8) is 0 Å². The average molecular weight is 431 g/mol. The molecule has 0 saturated carbocycles. The van der Waals surface area contributed by atoms with Gasteiger partial charge >= 0.3 is 0 Å². The first-order valence-corrected chi connectivity index (χ1v) is 11.0. The minimum absolute atomic E-state index is 0.106. The summed E-state index contributed by atoms with van der Waals surface area (Å²) in [6.07, 6.45) is 4.49. The van der Waals surface area contributed by atoms with E-state index in [1.54, 1.807) is 24.1 Å². The van der Waals surface area contributed by atoms with Crippen molar-refractivity contribution in [3.05, 3.63) is 75.5 Å². The molecule has 2 N–H and O–H groups in total. The number of para-hydroxylation sites is 1. The number of methoxy groups -OCH3 is 1. The maximum absolute atomic E-state index is 13.5. The number of ether oxygens (including phenoxy) is 1. The Balaban J connectivity index is 1.47. The van der Waals surface area contributed by atoms with Gasteiger partial charge in [-0.15, -0.1) is 0 Å². The van der Waals surface area contributed by atoms with Crippen molar-refractivity contribution in [1.29, 1.82) is 0 Å². The van der Waals surface area contributed by atoms with Crippen LogP contribution in [-0.4, -0.2) is 46.0 Å². The maximum Gasteiger partial charge on any atom is 0.258 e. The monoisotopic (exact) mass is 430 g/mol. The highest BCUT2D eigenvalue weighted by molar-refractivity contribution is 5.99. The fourth-order valence-corrected chi connectivity index (χ4v) is 4.57. The summed E-state index contributed by atoms with van der Waals surface area (Å²) in [5.41, 5.74) is 4.76. The molecule has 5 rings (SSSR count). The summed E-state index contributed by atoms with van der Waals surface area (Å²) in [4.78, 5) is 38.5. The number of hydrogen-bond acceptors (Lipinski definition) is 4. The molecule has 0 atom stereocenters. The number of carbonyl (C=O) groups excluding carboxylic acids is 1. The number of H-pyrrole nitrogens is 2. The third kappa shape index (κ3) is 3.80. The van der Waals surface area contributed by atoms with Crippen LogP contribution in [0.25, 0.3) is 21.8 Å². The van der Waals surface area contributed by atoms with E-state index in [0.29, 0.717) is 35.4 Å². The quantitative estimate of drug-likeness (QED) is 0.489. The molecule has 0 bridgehead atoms. The van der Waals surface area contributed by atoms with Crippen LogP contribution in [0.4, 0.5) is 0 Å². The zero-order valence-corrected chi connectivity index (χ0v) is 18.1. The van der Waals surface area contributed by atoms with E-state index in [1.807, 2.05) is 30.3 Å². The molecule has 2 aromatic heterocycles. The topological polar surface area (TPSA) is 91.1 Å². The highest BCUT2D eigenvalue weighted by Crippen LogP contribution is 2.30. The molecule has 32 heavy (non-hydrogen) atoms. The van der Waals surface area contributed by atoms with Gasteiger partial charge in [0.25, 0.3) is 11.5 Å². The van der Waals surface area contributed by atoms with Crippen molar-refractivity contribution in [2.24, 2.45) is 0 Å². The Labute approximate surface area is 185 Å². The smallest absolute Gasteiger partial charge is 0.258 e. The number of aromatic amines is 2. The molecule has 7 nitrogen and oxygen atoms in total. The van der Waals surface area contributed by atoms with Gasteiger partial charge in [0.1, 0.15) is 5.82 Å². The van der Waals surface area contributed by atoms with Gasteiger partial charge in [0.2, 0.25) is 0 Å². The fourth-order valence-electron chi connectivity index (χ4n) is 4.57. The zero-order chi connectivity index (χ0) is 22.1. The number of rotatable bonds is 6. The van der Waals surface area contributed by atoms with E-state index in [9.17, 15) is 9.59 Å². The fraction of sp³-hybridized carbons (Fsp3) is 0.320. The molecular formula is C25H26N4O3. The third-order valence-corrected chi connectivity index (χ3v) is 6.20. The van der Waals surface area contributed by atoms with Crippen molar-refractivity contribution in [3.8, 4) is 0 Å². The Hall–Kier alpha value is -3.45. The molecule has 0 unspecified atom stereocenters. The number of amides is 1. The van der Waals surface area contributed by atoms with Crippen molar-refractivity contribution >= 4 is 27.7 Å². The normalized spacial score (nSPS) is 13.4. The largest absolute Gasteiger partial charge is 0.383 e. The summed E-state index contributed by atoms with van der Waals surface area (Å²) in [6.45, 7) is 0.992. The van der Waals surface area contributed by atoms with Crippen molar-refractivity contribution < 1.29 is 9.53 Å². The molecule has 0 radical (unpaired) electrons. The Kier molecular flexibility index (Phi) is 5.49. The van der Waals surface area contributed by atoms with Crippen LogP contribution in [0, 0.1) is 0 Å². The van der Waals surface area contributed by atoms with E-state index in [-0.39, 0.29) is 18.0 Å². The van der Waals surface area contributed by atoms with Gasteiger partial charge < -0.3 is 19.6 Å². The molecule has 0 fully saturated rings. The second kappa shape index (κ2) is 8.59. The molecule has 0 spiro atoms. The molecule has 2 heterocycles. The molecule has 1 aliphatic carbocycles. The highest BCUT2D eigenvalue weighted by atomic mass is 16.5. The number of benzene rings is 2. The van der Waals surface area contributed by atoms with Crippen LogP contribution in [0.3, 0.4) is 0 Å². The van der Waals surface area contributed by atoms with Crippen molar-refractivity contribution in [1.82, 2.24) is 19.9 Å². The van der Waals surface area contributed by atoms with E-state index >= 15 is 0 Å². The van der Waals surface area contributed by atoms with Gasteiger partial charge in [-0.25, -0.2) is 4.98 Å². The first kappa shape index (κ1) is 20.5. The Morgan fingerprint density at radius 1 is 1.09 bits per heavy atom. The Bertz CT molecular complexity index is 1350. The molecule has 1 amide bonds. The van der Waals surface area contributed by atoms with Gasteiger partial charge in [-0.3, -0.25) is 9.59 Å². The standard InChI is InChI=1S/C25H26N4O3/c1-32-13-12-29(15-23-27-21-9-5-3-7-18(21)24(30)28-23)25(31)16-10-11-22-19(14-16)17-6-2-4-8-20(17)26-22/h3,5,7,9-11,14,26H,2,4,6,8,12-13,15H2,1H3,(H,27,28,30). The summed E-state index contributed by atoms with van der Waals surface area (Å²) in [6, 6.07) is 13.1. The maximum atomic E-state index is 13.5. The lowest BCUT2D eigenvalue weighted by Gasteiger charge is -2.22. The number of aryl methyl sites for hydroxylation is 2. The number of nitrogens with zero attached hydrogens (tertiary/aromatic N) is 2. The average Bonchev–Trinajstić information content (AvgIpc) is 3.19. The van der Waals surface area contributed by atoms with E-state index in [4.69, 9.17) is 4.74 Å². The first-order chi connectivity index (χ1) is 15.6. The number of nitrogens with one attached hydrogen (secondary N) is 2. The number of hydrogen-bond donors (Lipinski definition) is 2. The summed E-state index contributed by atoms with van der Waals surface area (Å²) in [5.74, 6) is 0.351. The van der Waals surface area contributed by atoms with E-state index in [2.05, 4.69) is 15.0 Å². The third-order valence-electron chi connectivity index (χ3n) is 6.20. The molecule has 0 aliphatic heterocycles. The molecule has 4 aromatic rings. The van der Waals surface area contributed by atoms with Crippen LogP contribution in [0.2, 0.25) is 0 Å². The van der Waals surface area contributed by atoms with Gasteiger partial charge in [-0.1, -0.05) is 12.1 Å². The van der Waals surface area contributed by atoms with Crippen LogP contribution < -0.4 is 5.56 Å². The van der Waals surface area contributed by atoms with Crippen LogP contribution in [0.1, 0.15) is 40.3 Å². The SMILES string of the molecule is COCCN(Cc1nc2ccccc2c(=O)[nH]1)C(=O)c1ccc2[nH]c3c(c2c1)CCCC3. The van der Waals surface area contributed by atoms with Gasteiger partial charge in [-0.05, 0) is 61.6 Å². The lowest BCUT2D eigenvalue weighted by molar-refractivity contribution is 0.0675. The lowest BCUT2D eigenvalue weighted by Crippen LogP contribution is -2.34. The minimum Gasteiger partial charge on any atom is -0.383 e. The lowest BCUT2D eigenvalue weighted by atomic mass is 9.95. The molecular weight excluding hydrogens is 404 g/mol. The van der Waals surface area contributed by atoms with Crippen molar-refractivity contribution in [2.75, 3.05) is 20.3 Å². The predicted octanol–water partition coefficient (Wildman–Crippen LogP) is 3.57. The molecule has 0 saturated heterocycles. The Morgan fingerprint density at radius 2 is 1.94 bits per heavy atom. The van der Waals surface area contributed by atoms with Crippen LogP contribution in [-0.2, 0) is 24.1 Å². The summed E-state index contributed by atoms with van der Waals surface area (Å²) in [5, 5.41) is 1.67. The number of fused-ring (bicyclic) bond motifs is 4. The van der Waals surface area contributed by atoms with Gasteiger partial charge in [0.05, 0.1) is 24.1 Å². The second-order valence-corrected chi connectivity index (χ2v) is 8.30. The van der Waals surface area contributed by atoms with E-state index in [1.165, 1.54) is 24.1 Å². The summed E-state index contributed by atoms with van der Waals surface area (Å²) in [7, 11) is 1.61.